The molecule has 0 saturated carbocycles. The molecule has 0 aromatic carbocycles. The lowest BCUT2D eigenvalue weighted by atomic mass is 10.2. The molecule has 0 aromatic rings. The van der Waals surface area contributed by atoms with Gasteiger partial charge in [0.15, 0.2) is 0 Å². The second-order valence-electron chi connectivity index (χ2n) is 2.50. The van der Waals surface area contributed by atoms with Crippen molar-refractivity contribution >= 4 is 17.7 Å². The first-order valence-corrected chi connectivity index (χ1v) is 4.65. The molecule has 0 atom stereocenters. The molecule has 0 heterocycles. The quantitative estimate of drug-likeness (QED) is 0.368. The predicted octanol–water partition coefficient (Wildman–Crippen LogP) is 0.628. The molecule has 0 rings (SSSR count). The van der Waals surface area contributed by atoms with Gasteiger partial charge >= 0.3 is 11.9 Å². The van der Waals surface area contributed by atoms with Crippen LogP contribution in [0, 0.1) is 0 Å². The van der Waals surface area contributed by atoms with Crippen LogP contribution in [0.4, 0.5) is 0 Å². The largest absolute Gasteiger partial charge is 0.463 e. The highest BCUT2D eigenvalue weighted by molar-refractivity contribution is 6.33. The van der Waals surface area contributed by atoms with Crippen molar-refractivity contribution in [1.29, 1.82) is 0 Å². The van der Waals surface area contributed by atoms with Crippen LogP contribution in [0.1, 0.15) is 20.3 Å². The minimum Gasteiger partial charge on any atom is -0.463 e. The van der Waals surface area contributed by atoms with Crippen LogP contribution in [-0.4, -0.2) is 30.9 Å². The predicted molar refractivity (Wildman–Crippen MR) is 52.0 cm³/mol. The molecule has 5 nitrogen and oxygen atoms in total. The van der Waals surface area contributed by atoms with E-state index in [1.54, 1.807) is 13.8 Å². The van der Waals surface area contributed by atoms with Crippen LogP contribution < -0.4 is 0 Å². The summed E-state index contributed by atoms with van der Waals surface area (Å²) in [7, 11) is 0. The fourth-order valence-corrected chi connectivity index (χ4v) is 0.747. The summed E-state index contributed by atoms with van der Waals surface area (Å²) in [5.74, 6) is -2.10. The van der Waals surface area contributed by atoms with Crippen molar-refractivity contribution in [1.82, 2.24) is 0 Å². The molecule has 0 spiro atoms. The molecule has 0 aromatic heterocycles. The van der Waals surface area contributed by atoms with Gasteiger partial charge in [-0.05, 0) is 13.8 Å². The number of esters is 2. The van der Waals surface area contributed by atoms with E-state index in [-0.39, 0.29) is 19.6 Å². The van der Waals surface area contributed by atoms with E-state index in [2.05, 4.69) is 9.47 Å². The van der Waals surface area contributed by atoms with Gasteiger partial charge in [-0.2, -0.15) is 0 Å². The normalized spacial score (nSPS) is 10.0. The summed E-state index contributed by atoms with van der Waals surface area (Å²) in [6.07, 6.45) is 2.23. The third-order valence-corrected chi connectivity index (χ3v) is 1.35. The SMILES string of the molecule is CCOC(=O)C=CCC(=O)C(=O)OCC. The van der Waals surface area contributed by atoms with Gasteiger partial charge in [0.1, 0.15) is 0 Å². The third-order valence-electron chi connectivity index (χ3n) is 1.35. The summed E-state index contributed by atoms with van der Waals surface area (Å²) in [5, 5.41) is 0. The van der Waals surface area contributed by atoms with Gasteiger partial charge in [0, 0.05) is 12.5 Å². The van der Waals surface area contributed by atoms with Crippen LogP contribution in [0.25, 0.3) is 0 Å². The highest BCUT2D eigenvalue weighted by Crippen LogP contribution is 1.91. The van der Waals surface area contributed by atoms with Gasteiger partial charge in [-0.3, -0.25) is 4.79 Å². The van der Waals surface area contributed by atoms with Crippen LogP contribution in [0.5, 0.6) is 0 Å². The monoisotopic (exact) mass is 214 g/mol. The summed E-state index contributed by atoms with van der Waals surface area (Å²) < 4.78 is 9.05. The maximum Gasteiger partial charge on any atom is 0.374 e. The Labute approximate surface area is 88.0 Å². The van der Waals surface area contributed by atoms with E-state index in [0.717, 1.165) is 6.08 Å². The van der Waals surface area contributed by atoms with Gasteiger partial charge in [0.25, 0.3) is 0 Å². The van der Waals surface area contributed by atoms with Crippen molar-refractivity contribution in [2.75, 3.05) is 13.2 Å². The Morgan fingerprint density at radius 2 is 1.67 bits per heavy atom. The average Bonchev–Trinajstić information content (AvgIpc) is 2.18. The van der Waals surface area contributed by atoms with Crippen LogP contribution in [0.2, 0.25) is 0 Å². The number of hydrogen-bond acceptors (Lipinski definition) is 5. The maximum absolute atomic E-state index is 11.0. The molecular formula is C10H14O5. The highest BCUT2D eigenvalue weighted by Gasteiger charge is 2.12. The van der Waals surface area contributed by atoms with E-state index in [1.807, 2.05) is 0 Å². The standard InChI is InChI=1S/C10H14O5/c1-3-14-9(12)7-5-6-8(11)10(13)15-4-2/h5,7H,3-4,6H2,1-2H3. The molecule has 84 valence electrons. The Morgan fingerprint density at radius 3 is 2.20 bits per heavy atom. The minimum absolute atomic E-state index is 0.155. The maximum atomic E-state index is 11.0. The zero-order valence-corrected chi connectivity index (χ0v) is 8.82. The molecule has 0 bridgehead atoms. The van der Waals surface area contributed by atoms with Gasteiger partial charge in [-0.15, -0.1) is 0 Å². The van der Waals surface area contributed by atoms with Gasteiger partial charge in [0.2, 0.25) is 5.78 Å². The fraction of sp³-hybridized carbons (Fsp3) is 0.500. The first kappa shape index (κ1) is 13.4. The van der Waals surface area contributed by atoms with Crippen molar-refractivity contribution in [2.45, 2.75) is 20.3 Å². The first-order valence-electron chi connectivity index (χ1n) is 4.65. The Balaban J connectivity index is 3.89. The van der Waals surface area contributed by atoms with Crippen LogP contribution in [-0.2, 0) is 23.9 Å². The van der Waals surface area contributed by atoms with E-state index < -0.39 is 17.7 Å². The molecular weight excluding hydrogens is 200 g/mol. The smallest absolute Gasteiger partial charge is 0.374 e. The molecule has 5 heteroatoms. The van der Waals surface area contributed by atoms with Crippen molar-refractivity contribution in [3.05, 3.63) is 12.2 Å². The van der Waals surface area contributed by atoms with Crippen molar-refractivity contribution in [3.8, 4) is 0 Å². The molecule has 0 unspecified atom stereocenters. The lowest BCUT2D eigenvalue weighted by Gasteiger charge is -1.97. The summed E-state index contributed by atoms with van der Waals surface area (Å²) in [6, 6.07) is 0. The number of hydrogen-bond donors (Lipinski definition) is 0. The lowest BCUT2D eigenvalue weighted by molar-refractivity contribution is -0.153. The fourth-order valence-electron chi connectivity index (χ4n) is 0.747. The number of rotatable bonds is 6. The number of ketones is 1. The van der Waals surface area contributed by atoms with E-state index >= 15 is 0 Å². The second-order valence-corrected chi connectivity index (χ2v) is 2.50. The van der Waals surface area contributed by atoms with E-state index in [4.69, 9.17) is 0 Å². The number of allylic oxidation sites excluding steroid dienone is 1. The number of carbonyl (C=O) groups excluding carboxylic acids is 3. The molecule has 0 aliphatic rings. The Morgan fingerprint density at radius 1 is 1.07 bits per heavy atom. The Bertz CT molecular complexity index is 267. The number of carbonyl (C=O) groups is 3. The Kier molecular flexibility index (Phi) is 6.88. The molecule has 0 saturated heterocycles. The number of Topliss-reactive ketones (excluding diaryl/α,β-unsaturated/α-hetero) is 1. The molecule has 0 fully saturated rings. The molecule has 0 aliphatic heterocycles. The summed E-state index contributed by atoms with van der Waals surface area (Å²) in [6.45, 7) is 3.72. The summed E-state index contributed by atoms with van der Waals surface area (Å²) in [4.78, 5) is 32.6. The highest BCUT2D eigenvalue weighted by atomic mass is 16.5. The van der Waals surface area contributed by atoms with Crippen LogP contribution in [0.15, 0.2) is 12.2 Å². The van der Waals surface area contributed by atoms with Crippen LogP contribution in [0.3, 0.4) is 0 Å². The number of ether oxygens (including phenoxy) is 2. The Hall–Kier alpha value is -1.65. The molecule has 0 N–H and O–H groups in total. The third kappa shape index (κ3) is 6.42. The second kappa shape index (κ2) is 7.73. The topological polar surface area (TPSA) is 69.7 Å². The molecule has 0 aliphatic carbocycles. The van der Waals surface area contributed by atoms with E-state index in [0.29, 0.717) is 0 Å². The first-order chi connectivity index (χ1) is 7.11. The minimum atomic E-state index is -0.883. The van der Waals surface area contributed by atoms with Gasteiger partial charge in [-0.1, -0.05) is 6.08 Å². The van der Waals surface area contributed by atoms with E-state index in [1.165, 1.54) is 6.08 Å². The summed E-state index contributed by atoms with van der Waals surface area (Å²) in [5.41, 5.74) is 0. The lowest BCUT2D eigenvalue weighted by Crippen LogP contribution is -2.16. The van der Waals surface area contributed by atoms with Gasteiger partial charge in [0.05, 0.1) is 13.2 Å². The van der Waals surface area contributed by atoms with E-state index in [9.17, 15) is 14.4 Å². The average molecular weight is 214 g/mol. The van der Waals surface area contributed by atoms with Crippen molar-refractivity contribution in [3.63, 3.8) is 0 Å². The van der Waals surface area contributed by atoms with Gasteiger partial charge in [-0.25, -0.2) is 9.59 Å². The zero-order valence-electron chi connectivity index (χ0n) is 8.82. The molecule has 15 heavy (non-hydrogen) atoms. The van der Waals surface area contributed by atoms with Crippen LogP contribution >= 0.6 is 0 Å². The van der Waals surface area contributed by atoms with Crippen molar-refractivity contribution in [2.24, 2.45) is 0 Å². The van der Waals surface area contributed by atoms with Crippen molar-refractivity contribution < 1.29 is 23.9 Å². The summed E-state index contributed by atoms with van der Waals surface area (Å²) >= 11 is 0. The van der Waals surface area contributed by atoms with Gasteiger partial charge < -0.3 is 9.47 Å². The zero-order chi connectivity index (χ0) is 11.7. The molecule has 0 radical (unpaired) electrons. The molecule has 0 amide bonds.